The first-order valence-corrected chi connectivity index (χ1v) is 12.1. The number of piperazine rings is 1. The van der Waals surface area contributed by atoms with E-state index in [0.29, 0.717) is 16.8 Å². The van der Waals surface area contributed by atoms with Gasteiger partial charge in [0.15, 0.2) is 0 Å². The third-order valence-corrected chi connectivity index (χ3v) is 6.99. The van der Waals surface area contributed by atoms with Crippen molar-refractivity contribution >= 4 is 11.7 Å². The zero-order chi connectivity index (χ0) is 24.4. The van der Waals surface area contributed by atoms with Crippen LogP contribution in [-0.2, 0) is 4.79 Å². The van der Waals surface area contributed by atoms with Crippen molar-refractivity contribution in [1.29, 1.82) is 5.26 Å². The number of nitrogens with zero attached hydrogens (tertiary/aromatic N) is 5. The summed E-state index contributed by atoms with van der Waals surface area (Å²) < 4.78 is 0. The smallest absolute Gasteiger partial charge is 0.245 e. The molecule has 2 fully saturated rings. The van der Waals surface area contributed by atoms with Gasteiger partial charge in [-0.15, -0.1) is 0 Å². The molecule has 7 nitrogen and oxygen atoms in total. The second-order valence-corrected chi connectivity index (χ2v) is 9.29. The van der Waals surface area contributed by atoms with Gasteiger partial charge in [0.25, 0.3) is 0 Å². The van der Waals surface area contributed by atoms with Gasteiger partial charge in [-0.3, -0.25) is 4.79 Å². The van der Waals surface area contributed by atoms with Gasteiger partial charge in [0, 0.05) is 38.3 Å². The maximum atomic E-state index is 13.5. The van der Waals surface area contributed by atoms with Crippen molar-refractivity contribution < 1.29 is 9.90 Å². The first kappa shape index (κ1) is 22.9. The Bertz CT molecular complexity index is 1260. The standard InChI is InChI=1S/C28H29N5O2/c1-31-13-15-32(16-14-31)28(35)25-6-4-12-33(25)27-18-22(21-10-8-20(19-29)9-11-21)17-24(30-27)23-5-2-3-7-26(23)34/h2-3,5,7-11,17-18,25,34H,4,6,12-16H2,1H3/t25-/m0/s1. The lowest BCUT2D eigenvalue weighted by molar-refractivity contribution is -0.134. The largest absolute Gasteiger partial charge is 0.507 e. The normalized spacial score (nSPS) is 18.5. The minimum atomic E-state index is -0.237. The summed E-state index contributed by atoms with van der Waals surface area (Å²) in [6.07, 6.45) is 1.73. The van der Waals surface area contributed by atoms with Crippen molar-refractivity contribution in [3.05, 3.63) is 66.2 Å². The molecule has 0 radical (unpaired) electrons. The van der Waals surface area contributed by atoms with Crippen LogP contribution in [-0.4, -0.2) is 71.6 Å². The van der Waals surface area contributed by atoms with Crippen molar-refractivity contribution in [2.24, 2.45) is 0 Å². The van der Waals surface area contributed by atoms with E-state index in [1.165, 1.54) is 0 Å². The predicted molar refractivity (Wildman–Crippen MR) is 136 cm³/mol. The second kappa shape index (κ2) is 9.77. The molecule has 0 bridgehead atoms. The number of aromatic hydroxyl groups is 1. The van der Waals surface area contributed by atoms with Crippen LogP contribution in [0.2, 0.25) is 0 Å². The number of phenols is 1. The van der Waals surface area contributed by atoms with Gasteiger partial charge in [0.05, 0.1) is 17.3 Å². The van der Waals surface area contributed by atoms with Crippen LogP contribution in [0, 0.1) is 11.3 Å². The number of nitriles is 1. The van der Waals surface area contributed by atoms with Gasteiger partial charge in [-0.05, 0) is 67.4 Å². The first-order chi connectivity index (χ1) is 17.0. The molecule has 7 heteroatoms. The van der Waals surface area contributed by atoms with Gasteiger partial charge in [0.1, 0.15) is 17.6 Å². The fraction of sp³-hybridized carbons (Fsp3) is 0.321. The molecule has 178 valence electrons. The number of aromatic nitrogens is 1. The van der Waals surface area contributed by atoms with Crippen LogP contribution in [0.25, 0.3) is 22.4 Å². The molecule has 1 aromatic heterocycles. The number of carbonyl (C=O) groups excluding carboxylic acids is 1. The minimum Gasteiger partial charge on any atom is -0.507 e. The fourth-order valence-electron chi connectivity index (χ4n) is 4.93. The maximum absolute atomic E-state index is 13.5. The van der Waals surface area contributed by atoms with Crippen molar-refractivity contribution in [2.45, 2.75) is 18.9 Å². The second-order valence-electron chi connectivity index (χ2n) is 9.29. The number of hydrogen-bond acceptors (Lipinski definition) is 6. The molecule has 0 unspecified atom stereocenters. The van der Waals surface area contributed by atoms with Gasteiger partial charge in [0.2, 0.25) is 5.91 Å². The number of rotatable bonds is 4. The molecular formula is C28H29N5O2. The number of anilines is 1. The number of benzene rings is 2. The van der Waals surface area contributed by atoms with E-state index in [2.05, 4.69) is 22.9 Å². The monoisotopic (exact) mass is 467 g/mol. The lowest BCUT2D eigenvalue weighted by atomic mass is 10.0. The van der Waals surface area contributed by atoms with Crippen LogP contribution >= 0.6 is 0 Å². The minimum absolute atomic E-state index is 0.161. The Morgan fingerprint density at radius 1 is 1.00 bits per heavy atom. The number of likely N-dealkylation sites (N-methyl/N-ethyl adjacent to an activating group) is 1. The molecule has 0 aliphatic carbocycles. The Kier molecular flexibility index (Phi) is 6.39. The highest BCUT2D eigenvalue weighted by atomic mass is 16.3. The molecule has 2 aliphatic rings. The summed E-state index contributed by atoms with van der Waals surface area (Å²) in [6.45, 7) is 4.04. The van der Waals surface area contributed by atoms with Gasteiger partial charge in [-0.1, -0.05) is 24.3 Å². The third kappa shape index (κ3) is 4.71. The quantitative estimate of drug-likeness (QED) is 0.630. The Hall–Kier alpha value is -3.89. The maximum Gasteiger partial charge on any atom is 0.245 e. The summed E-state index contributed by atoms with van der Waals surface area (Å²) >= 11 is 0. The van der Waals surface area contributed by atoms with Crippen molar-refractivity contribution in [3.63, 3.8) is 0 Å². The molecular weight excluding hydrogens is 438 g/mol. The number of pyridine rings is 1. The first-order valence-electron chi connectivity index (χ1n) is 12.1. The number of amides is 1. The topological polar surface area (TPSA) is 83.7 Å². The Morgan fingerprint density at radius 2 is 1.74 bits per heavy atom. The molecule has 2 aliphatic heterocycles. The van der Waals surface area contributed by atoms with E-state index < -0.39 is 0 Å². The predicted octanol–water partition coefficient (Wildman–Crippen LogP) is 3.74. The SMILES string of the molecule is CN1CCN(C(=O)[C@@H]2CCCN2c2cc(-c3ccc(C#N)cc3)cc(-c3ccccc3O)n2)CC1. The van der Waals surface area contributed by atoms with Crippen molar-refractivity contribution in [3.8, 4) is 34.2 Å². The van der Waals surface area contributed by atoms with E-state index in [9.17, 15) is 15.2 Å². The van der Waals surface area contributed by atoms with E-state index >= 15 is 0 Å². The van der Waals surface area contributed by atoms with Gasteiger partial charge in [-0.25, -0.2) is 4.98 Å². The molecule has 1 amide bonds. The number of hydrogen-bond donors (Lipinski definition) is 1. The number of phenolic OH excluding ortho intramolecular Hbond substituents is 1. The summed E-state index contributed by atoms with van der Waals surface area (Å²) in [5.41, 5.74) is 3.77. The van der Waals surface area contributed by atoms with Crippen molar-refractivity contribution in [1.82, 2.24) is 14.8 Å². The summed E-state index contributed by atoms with van der Waals surface area (Å²) in [7, 11) is 2.09. The third-order valence-electron chi connectivity index (χ3n) is 6.99. The Balaban J connectivity index is 1.54. The van der Waals surface area contributed by atoms with Gasteiger partial charge >= 0.3 is 0 Å². The van der Waals surface area contributed by atoms with Gasteiger partial charge in [-0.2, -0.15) is 5.26 Å². The van der Waals surface area contributed by atoms with Crippen LogP contribution in [0.4, 0.5) is 5.82 Å². The van der Waals surface area contributed by atoms with Crippen molar-refractivity contribution in [2.75, 3.05) is 44.7 Å². The van der Waals surface area contributed by atoms with Crippen LogP contribution < -0.4 is 4.90 Å². The summed E-state index contributed by atoms with van der Waals surface area (Å²) in [4.78, 5) is 24.8. The molecule has 1 N–H and O–H groups in total. The van der Waals surface area contributed by atoms with E-state index in [4.69, 9.17) is 4.98 Å². The number of carbonyl (C=O) groups is 1. The lowest BCUT2D eigenvalue weighted by Crippen LogP contribution is -2.53. The summed E-state index contributed by atoms with van der Waals surface area (Å²) in [5, 5.41) is 19.7. The molecule has 2 saturated heterocycles. The number of para-hydroxylation sites is 1. The molecule has 3 heterocycles. The van der Waals surface area contributed by atoms with E-state index in [-0.39, 0.29) is 17.7 Å². The Morgan fingerprint density at radius 3 is 2.46 bits per heavy atom. The summed E-state index contributed by atoms with van der Waals surface area (Å²) in [5.74, 6) is 1.06. The zero-order valence-electron chi connectivity index (χ0n) is 19.9. The molecule has 0 saturated carbocycles. The van der Waals surface area contributed by atoms with Crippen LogP contribution in [0.3, 0.4) is 0 Å². The highest BCUT2D eigenvalue weighted by molar-refractivity contribution is 5.86. The van der Waals surface area contributed by atoms with E-state index in [1.54, 1.807) is 24.3 Å². The highest BCUT2D eigenvalue weighted by Gasteiger charge is 2.35. The highest BCUT2D eigenvalue weighted by Crippen LogP contribution is 2.35. The molecule has 35 heavy (non-hydrogen) atoms. The lowest BCUT2D eigenvalue weighted by Gasteiger charge is -2.36. The average molecular weight is 468 g/mol. The zero-order valence-corrected chi connectivity index (χ0v) is 19.9. The molecule has 2 aromatic carbocycles. The average Bonchev–Trinajstić information content (AvgIpc) is 3.39. The van der Waals surface area contributed by atoms with E-state index in [1.807, 2.05) is 41.3 Å². The van der Waals surface area contributed by atoms with Crippen LogP contribution in [0.15, 0.2) is 60.7 Å². The van der Waals surface area contributed by atoms with E-state index in [0.717, 1.165) is 62.5 Å². The molecule has 1 atom stereocenters. The van der Waals surface area contributed by atoms with Crippen LogP contribution in [0.5, 0.6) is 5.75 Å². The molecule has 3 aromatic rings. The molecule has 5 rings (SSSR count). The fourth-order valence-corrected chi connectivity index (χ4v) is 4.93. The van der Waals surface area contributed by atoms with Crippen LogP contribution in [0.1, 0.15) is 18.4 Å². The van der Waals surface area contributed by atoms with Gasteiger partial charge < -0.3 is 19.8 Å². The molecule has 0 spiro atoms. The summed E-state index contributed by atoms with van der Waals surface area (Å²) in [6, 6.07) is 20.5. The Labute approximate surface area is 205 Å².